The van der Waals surface area contributed by atoms with Crippen molar-refractivity contribution in [1.82, 2.24) is 15.1 Å². The first-order valence-electron chi connectivity index (χ1n) is 7.56. The molecule has 5 nitrogen and oxygen atoms in total. The molecule has 0 aromatic carbocycles. The molecule has 0 saturated carbocycles. The van der Waals surface area contributed by atoms with Crippen molar-refractivity contribution in [2.45, 2.75) is 44.2 Å². The highest BCUT2D eigenvalue weighted by atomic mass is 16.5. The van der Waals surface area contributed by atoms with Gasteiger partial charge in [-0.3, -0.25) is 4.68 Å². The van der Waals surface area contributed by atoms with Gasteiger partial charge >= 0.3 is 0 Å². The second-order valence-corrected chi connectivity index (χ2v) is 5.51. The minimum absolute atomic E-state index is 0.0794. The van der Waals surface area contributed by atoms with Gasteiger partial charge in [-0.15, -0.1) is 0 Å². The summed E-state index contributed by atoms with van der Waals surface area (Å²) in [4.78, 5) is 0. The van der Waals surface area contributed by atoms with E-state index in [1.807, 2.05) is 25.0 Å². The van der Waals surface area contributed by atoms with Gasteiger partial charge in [0.1, 0.15) is 0 Å². The van der Waals surface area contributed by atoms with Crippen LogP contribution in [-0.2, 0) is 22.9 Å². The van der Waals surface area contributed by atoms with E-state index in [0.717, 1.165) is 45.5 Å². The van der Waals surface area contributed by atoms with E-state index in [1.165, 1.54) is 5.56 Å². The number of nitrogens with zero attached hydrogens (tertiary/aromatic N) is 2. The molecular formula is C15H27N3O2. The summed E-state index contributed by atoms with van der Waals surface area (Å²) in [6.45, 7) is 4.42. The largest absolute Gasteiger partial charge is 0.381 e. The molecule has 20 heavy (non-hydrogen) atoms. The van der Waals surface area contributed by atoms with Crippen molar-refractivity contribution in [3.05, 3.63) is 18.0 Å². The van der Waals surface area contributed by atoms with Crippen LogP contribution in [0, 0.1) is 0 Å². The number of hydrogen-bond donors (Lipinski definition) is 1. The van der Waals surface area contributed by atoms with Crippen molar-refractivity contribution < 1.29 is 9.47 Å². The fraction of sp³-hybridized carbons (Fsp3) is 0.800. The predicted molar refractivity (Wildman–Crippen MR) is 78.8 cm³/mol. The van der Waals surface area contributed by atoms with E-state index in [0.29, 0.717) is 6.04 Å². The number of hydrogen-bond acceptors (Lipinski definition) is 4. The van der Waals surface area contributed by atoms with Crippen molar-refractivity contribution in [3.63, 3.8) is 0 Å². The Kier molecular flexibility index (Phi) is 5.57. The lowest BCUT2D eigenvalue weighted by Gasteiger charge is -2.43. The second-order valence-electron chi connectivity index (χ2n) is 5.51. The van der Waals surface area contributed by atoms with Crippen LogP contribution in [0.3, 0.4) is 0 Å². The summed E-state index contributed by atoms with van der Waals surface area (Å²) in [6.07, 6.45) is 8.06. The molecule has 1 aliphatic rings. The van der Waals surface area contributed by atoms with E-state index in [1.54, 1.807) is 0 Å². The minimum Gasteiger partial charge on any atom is -0.381 e. The van der Waals surface area contributed by atoms with Crippen LogP contribution in [0.25, 0.3) is 0 Å². The van der Waals surface area contributed by atoms with E-state index in [4.69, 9.17) is 9.47 Å². The summed E-state index contributed by atoms with van der Waals surface area (Å²) in [5, 5.41) is 7.70. The predicted octanol–water partition coefficient (Wildman–Crippen LogP) is 1.53. The molecule has 1 fully saturated rings. The molecule has 5 heteroatoms. The summed E-state index contributed by atoms with van der Waals surface area (Å²) in [6, 6.07) is 0.353. The lowest BCUT2D eigenvalue weighted by Crippen LogP contribution is -2.54. The van der Waals surface area contributed by atoms with Crippen LogP contribution in [0.2, 0.25) is 0 Å². The number of aromatic nitrogens is 2. The Hall–Kier alpha value is -0.910. The van der Waals surface area contributed by atoms with Crippen molar-refractivity contribution >= 4 is 0 Å². The third-order valence-corrected chi connectivity index (χ3v) is 4.23. The van der Waals surface area contributed by atoms with Gasteiger partial charge in [-0.2, -0.15) is 5.10 Å². The van der Waals surface area contributed by atoms with Gasteiger partial charge < -0.3 is 14.8 Å². The zero-order valence-corrected chi connectivity index (χ0v) is 12.9. The quantitative estimate of drug-likeness (QED) is 0.823. The number of likely N-dealkylation sites (N-methyl/N-ethyl adjacent to an activating group) is 1. The van der Waals surface area contributed by atoms with Gasteiger partial charge in [-0.05, 0) is 32.4 Å². The SMILES string of the molecule is CCOC1(C(CCc2cnn(C)c2)NC)CCOCC1. The molecule has 1 aliphatic heterocycles. The van der Waals surface area contributed by atoms with Crippen molar-refractivity contribution in [2.75, 3.05) is 26.9 Å². The molecular weight excluding hydrogens is 254 g/mol. The maximum atomic E-state index is 6.15. The van der Waals surface area contributed by atoms with Gasteiger partial charge in [0.2, 0.25) is 0 Å². The molecule has 114 valence electrons. The first kappa shape index (κ1) is 15.5. The zero-order valence-electron chi connectivity index (χ0n) is 12.9. The number of nitrogens with one attached hydrogen (secondary N) is 1. The van der Waals surface area contributed by atoms with Gasteiger partial charge in [0.15, 0.2) is 0 Å². The third kappa shape index (κ3) is 3.59. The van der Waals surface area contributed by atoms with Crippen LogP contribution in [0.5, 0.6) is 0 Å². The Morgan fingerprint density at radius 3 is 2.80 bits per heavy atom. The fourth-order valence-electron chi connectivity index (χ4n) is 3.18. The Morgan fingerprint density at radius 2 is 2.25 bits per heavy atom. The summed E-state index contributed by atoms with van der Waals surface area (Å²) < 4.78 is 13.5. The lowest BCUT2D eigenvalue weighted by atomic mass is 9.83. The molecule has 0 radical (unpaired) electrons. The van der Waals surface area contributed by atoms with Crippen LogP contribution < -0.4 is 5.32 Å². The Bertz CT molecular complexity index is 394. The minimum atomic E-state index is -0.0794. The molecule has 1 saturated heterocycles. The van der Waals surface area contributed by atoms with E-state index in [-0.39, 0.29) is 5.60 Å². The lowest BCUT2D eigenvalue weighted by molar-refractivity contribution is -0.126. The smallest absolute Gasteiger partial charge is 0.0878 e. The summed E-state index contributed by atoms with van der Waals surface area (Å²) in [7, 11) is 3.99. The van der Waals surface area contributed by atoms with Crippen LogP contribution >= 0.6 is 0 Å². The van der Waals surface area contributed by atoms with Crippen LogP contribution in [0.1, 0.15) is 31.7 Å². The monoisotopic (exact) mass is 281 g/mol. The van der Waals surface area contributed by atoms with Gasteiger partial charge in [0, 0.05) is 51.9 Å². The average molecular weight is 281 g/mol. The first-order chi connectivity index (χ1) is 9.70. The summed E-state index contributed by atoms with van der Waals surface area (Å²) in [5.41, 5.74) is 1.20. The van der Waals surface area contributed by atoms with Crippen LogP contribution in [-0.4, -0.2) is 48.3 Å². The summed E-state index contributed by atoms with van der Waals surface area (Å²) >= 11 is 0. The van der Waals surface area contributed by atoms with Crippen molar-refractivity contribution in [2.24, 2.45) is 7.05 Å². The van der Waals surface area contributed by atoms with Crippen molar-refractivity contribution in [1.29, 1.82) is 0 Å². The van der Waals surface area contributed by atoms with Crippen LogP contribution in [0.15, 0.2) is 12.4 Å². The van der Waals surface area contributed by atoms with Crippen LogP contribution in [0.4, 0.5) is 0 Å². The Labute approximate surface area is 121 Å². The van der Waals surface area contributed by atoms with Gasteiger partial charge in [-0.25, -0.2) is 0 Å². The first-order valence-corrected chi connectivity index (χ1v) is 7.56. The maximum absolute atomic E-state index is 6.15. The molecule has 0 amide bonds. The maximum Gasteiger partial charge on any atom is 0.0878 e. The van der Waals surface area contributed by atoms with Gasteiger partial charge in [0.25, 0.3) is 0 Å². The molecule has 1 N–H and O–H groups in total. The second kappa shape index (κ2) is 7.20. The Morgan fingerprint density at radius 1 is 1.50 bits per heavy atom. The van der Waals surface area contributed by atoms with Gasteiger partial charge in [0.05, 0.1) is 11.8 Å². The van der Waals surface area contributed by atoms with E-state index in [2.05, 4.69) is 23.5 Å². The molecule has 1 aromatic heterocycles. The summed E-state index contributed by atoms with van der Waals surface area (Å²) in [5.74, 6) is 0. The molecule has 0 bridgehead atoms. The van der Waals surface area contributed by atoms with E-state index in [9.17, 15) is 0 Å². The van der Waals surface area contributed by atoms with Gasteiger partial charge in [-0.1, -0.05) is 0 Å². The normalized spacial score (nSPS) is 19.9. The number of ether oxygens (including phenoxy) is 2. The number of aryl methyl sites for hydroxylation is 2. The molecule has 0 spiro atoms. The third-order valence-electron chi connectivity index (χ3n) is 4.23. The standard InChI is InChI=1S/C15H27N3O2/c1-4-20-15(7-9-19-10-8-15)14(16-2)6-5-13-11-17-18(3)12-13/h11-12,14,16H,4-10H2,1-3H3. The highest BCUT2D eigenvalue weighted by Crippen LogP contribution is 2.31. The number of rotatable bonds is 7. The fourth-order valence-corrected chi connectivity index (χ4v) is 3.18. The van der Waals surface area contributed by atoms with E-state index >= 15 is 0 Å². The highest BCUT2D eigenvalue weighted by molar-refractivity contribution is 5.05. The molecule has 1 aromatic rings. The Balaban J connectivity index is 2.00. The molecule has 0 aliphatic carbocycles. The molecule has 2 rings (SSSR count). The molecule has 2 heterocycles. The zero-order chi connectivity index (χ0) is 14.4. The average Bonchev–Trinajstić information content (AvgIpc) is 2.86. The van der Waals surface area contributed by atoms with Crippen molar-refractivity contribution in [3.8, 4) is 0 Å². The molecule has 1 atom stereocenters. The van der Waals surface area contributed by atoms with E-state index < -0.39 is 0 Å². The highest BCUT2D eigenvalue weighted by Gasteiger charge is 2.40. The molecule has 1 unspecified atom stereocenters. The topological polar surface area (TPSA) is 48.3 Å².